The summed E-state index contributed by atoms with van der Waals surface area (Å²) in [6.45, 7) is 8.75. The number of ketones is 1. The van der Waals surface area contributed by atoms with Crippen LogP contribution in [0.3, 0.4) is 0 Å². The summed E-state index contributed by atoms with van der Waals surface area (Å²) in [6.07, 6.45) is 6.51. The van der Waals surface area contributed by atoms with Gasteiger partial charge in [-0.3, -0.25) is 14.4 Å². The highest BCUT2D eigenvalue weighted by Gasteiger charge is 2.70. The Bertz CT molecular complexity index is 1310. The van der Waals surface area contributed by atoms with Crippen LogP contribution < -0.4 is 0 Å². The van der Waals surface area contributed by atoms with Crippen molar-refractivity contribution < 1.29 is 42.9 Å². The van der Waals surface area contributed by atoms with E-state index in [1.807, 2.05) is 19.1 Å². The van der Waals surface area contributed by atoms with Gasteiger partial charge in [0.15, 0.2) is 0 Å². The molecule has 4 aliphatic rings. The van der Waals surface area contributed by atoms with E-state index < -0.39 is 58.8 Å². The van der Waals surface area contributed by atoms with Gasteiger partial charge in [0, 0.05) is 27.4 Å². The van der Waals surface area contributed by atoms with E-state index in [0.717, 1.165) is 11.1 Å². The summed E-state index contributed by atoms with van der Waals surface area (Å²) < 4.78 is 22.3. The molecular formula is C32H40O9. The van der Waals surface area contributed by atoms with Crippen molar-refractivity contribution in [1.82, 2.24) is 0 Å². The van der Waals surface area contributed by atoms with Gasteiger partial charge in [-0.1, -0.05) is 38.5 Å². The molecule has 0 amide bonds. The van der Waals surface area contributed by atoms with E-state index in [0.29, 0.717) is 18.4 Å². The number of cyclic esters (lactones) is 1. The third-order valence-electron chi connectivity index (χ3n) is 11.0. The molecule has 41 heavy (non-hydrogen) atoms. The molecular weight excluding hydrogens is 528 g/mol. The lowest BCUT2D eigenvalue weighted by Crippen LogP contribution is -2.68. The third-order valence-corrected chi connectivity index (χ3v) is 11.0. The van der Waals surface area contributed by atoms with Gasteiger partial charge < -0.3 is 23.7 Å². The van der Waals surface area contributed by atoms with Crippen molar-refractivity contribution in [3.8, 4) is 0 Å². The molecule has 9 unspecified atom stereocenters. The summed E-state index contributed by atoms with van der Waals surface area (Å²) >= 11 is 0. The molecule has 9 heteroatoms. The molecule has 1 aromatic heterocycles. The minimum absolute atomic E-state index is 0.115. The van der Waals surface area contributed by atoms with E-state index in [1.54, 1.807) is 39.4 Å². The minimum atomic E-state index is -1.11. The quantitative estimate of drug-likeness (QED) is 0.228. The van der Waals surface area contributed by atoms with Crippen molar-refractivity contribution in [3.05, 3.63) is 47.5 Å². The fourth-order valence-electron chi connectivity index (χ4n) is 8.49. The first-order valence-corrected chi connectivity index (χ1v) is 14.4. The van der Waals surface area contributed by atoms with Gasteiger partial charge in [-0.25, -0.2) is 4.79 Å². The van der Waals surface area contributed by atoms with Crippen molar-refractivity contribution in [2.24, 2.45) is 39.9 Å². The molecule has 0 spiro atoms. The minimum Gasteiger partial charge on any atom is -0.472 e. The zero-order chi connectivity index (χ0) is 29.9. The molecule has 1 aliphatic heterocycles. The summed E-state index contributed by atoms with van der Waals surface area (Å²) in [7, 11) is 1.29. The third kappa shape index (κ3) is 4.22. The summed E-state index contributed by atoms with van der Waals surface area (Å²) in [6, 6.07) is 1.81. The Morgan fingerprint density at radius 3 is 2.54 bits per heavy atom. The summed E-state index contributed by atoms with van der Waals surface area (Å²) in [5, 5.41) is 10.9. The molecule has 9 nitrogen and oxygen atoms in total. The maximum Gasteiger partial charge on any atom is 0.333 e. The second-order valence-corrected chi connectivity index (χ2v) is 12.9. The average Bonchev–Trinajstić information content (AvgIpc) is 3.49. The second kappa shape index (κ2) is 10.3. The molecule has 2 bridgehead atoms. The van der Waals surface area contributed by atoms with E-state index >= 15 is 0 Å². The topological polar surface area (TPSA) is 129 Å². The average molecular weight is 569 g/mol. The van der Waals surface area contributed by atoms with Gasteiger partial charge in [0.2, 0.25) is 0 Å². The van der Waals surface area contributed by atoms with Crippen LogP contribution in [0.5, 0.6) is 0 Å². The lowest BCUT2D eigenvalue weighted by Gasteiger charge is -2.64. The van der Waals surface area contributed by atoms with Crippen LogP contribution in [-0.2, 0) is 33.4 Å². The van der Waals surface area contributed by atoms with Crippen molar-refractivity contribution in [1.29, 1.82) is 0 Å². The van der Waals surface area contributed by atoms with E-state index in [1.165, 1.54) is 7.11 Å². The number of ether oxygens (including phenoxy) is 3. The van der Waals surface area contributed by atoms with Gasteiger partial charge in [0.1, 0.15) is 18.0 Å². The number of aliphatic hydroxyl groups excluding tert-OH is 1. The van der Waals surface area contributed by atoms with Crippen LogP contribution in [0.4, 0.5) is 0 Å². The van der Waals surface area contributed by atoms with Crippen LogP contribution in [0, 0.1) is 39.9 Å². The van der Waals surface area contributed by atoms with Crippen molar-refractivity contribution >= 4 is 23.7 Å². The molecule has 3 fully saturated rings. The zero-order valence-corrected chi connectivity index (χ0v) is 24.6. The normalized spacial score (nSPS) is 40.1. The van der Waals surface area contributed by atoms with Gasteiger partial charge in [0.25, 0.3) is 0 Å². The standard InChI is InChI=1S/C32H40O9/c1-7-17(2)29(37)41-28-20-12-19-21(32(5,26(20)36)23(14-24(34)38-6)31(28,4)16-33)8-10-30(3)22(19)13-25(35)40-27(30)18-9-11-39-15-18/h7,9,11-12,15,20-23,27-28,33H,8,10,13-14,16H2,1-6H3. The number of Topliss-reactive ketones (excluding diaryl/α,β-unsaturated/α-hetero) is 1. The van der Waals surface area contributed by atoms with Gasteiger partial charge in [-0.15, -0.1) is 0 Å². The second-order valence-electron chi connectivity index (χ2n) is 12.9. The Kier molecular flexibility index (Phi) is 7.33. The number of rotatable bonds is 6. The first-order chi connectivity index (χ1) is 19.4. The Morgan fingerprint density at radius 1 is 1.20 bits per heavy atom. The molecule has 9 atom stereocenters. The van der Waals surface area contributed by atoms with Crippen molar-refractivity contribution in [2.45, 2.75) is 72.5 Å². The van der Waals surface area contributed by atoms with Crippen LogP contribution >= 0.6 is 0 Å². The zero-order valence-electron chi connectivity index (χ0n) is 24.6. The van der Waals surface area contributed by atoms with Crippen molar-refractivity contribution in [3.63, 3.8) is 0 Å². The van der Waals surface area contributed by atoms with E-state index in [4.69, 9.17) is 18.6 Å². The number of furan rings is 1. The van der Waals surface area contributed by atoms with Gasteiger partial charge in [-0.05, 0) is 50.5 Å². The molecule has 2 heterocycles. The summed E-state index contributed by atoms with van der Waals surface area (Å²) in [5.74, 6) is -3.56. The van der Waals surface area contributed by atoms with E-state index in [-0.39, 0.29) is 36.4 Å². The van der Waals surface area contributed by atoms with Crippen LogP contribution in [0.25, 0.3) is 0 Å². The molecule has 0 radical (unpaired) electrons. The van der Waals surface area contributed by atoms with Gasteiger partial charge in [0.05, 0.1) is 45.0 Å². The molecule has 5 rings (SSSR count). The molecule has 1 saturated heterocycles. The maximum atomic E-state index is 14.5. The first-order valence-electron chi connectivity index (χ1n) is 14.4. The van der Waals surface area contributed by atoms with E-state index in [2.05, 4.69) is 6.92 Å². The lowest BCUT2D eigenvalue weighted by molar-refractivity contribution is -0.203. The molecule has 3 aliphatic carbocycles. The number of aliphatic hydroxyl groups is 1. The Hall–Kier alpha value is -3.20. The maximum absolute atomic E-state index is 14.5. The highest BCUT2D eigenvalue weighted by atomic mass is 16.6. The predicted octanol–water partition coefficient (Wildman–Crippen LogP) is 4.50. The number of fused-ring (bicyclic) bond motifs is 6. The fourth-order valence-corrected chi connectivity index (χ4v) is 8.49. The molecule has 222 valence electrons. The molecule has 1 N–H and O–H groups in total. The Morgan fingerprint density at radius 2 is 1.93 bits per heavy atom. The highest BCUT2D eigenvalue weighted by Crippen LogP contribution is 2.68. The highest BCUT2D eigenvalue weighted by molar-refractivity contribution is 5.94. The number of carbonyl (C=O) groups excluding carboxylic acids is 4. The number of allylic oxidation sites excluding steroid dienone is 2. The monoisotopic (exact) mass is 568 g/mol. The van der Waals surface area contributed by atoms with Gasteiger partial charge >= 0.3 is 17.9 Å². The van der Waals surface area contributed by atoms with Crippen molar-refractivity contribution in [2.75, 3.05) is 13.7 Å². The summed E-state index contributed by atoms with van der Waals surface area (Å²) in [4.78, 5) is 53.4. The number of esters is 3. The molecule has 1 aromatic rings. The Balaban J connectivity index is 1.68. The SMILES string of the molecule is CC=C(C)C(=O)OC1C2C=C3C4CC(=O)OC(c5ccoc5)C4(C)CCC3C(C)(C2=O)C(CC(=O)OC)C1(C)CO. The van der Waals surface area contributed by atoms with Crippen LogP contribution in [-0.4, -0.2) is 48.6 Å². The number of hydrogen-bond donors (Lipinski definition) is 1. The first kappa shape index (κ1) is 29.3. The van der Waals surface area contributed by atoms with Crippen LogP contribution in [0.15, 0.2) is 46.3 Å². The number of carbonyl (C=O) groups is 4. The van der Waals surface area contributed by atoms with E-state index in [9.17, 15) is 24.3 Å². The Labute approximate surface area is 240 Å². The smallest absolute Gasteiger partial charge is 0.333 e. The van der Waals surface area contributed by atoms with Gasteiger partial charge in [-0.2, -0.15) is 0 Å². The lowest BCUT2D eigenvalue weighted by atomic mass is 9.40. The number of hydrogen-bond acceptors (Lipinski definition) is 9. The largest absolute Gasteiger partial charge is 0.472 e. The summed E-state index contributed by atoms with van der Waals surface area (Å²) in [5.41, 5.74) is -0.509. The fraction of sp³-hybridized carbons (Fsp3) is 0.625. The van der Waals surface area contributed by atoms with Crippen LogP contribution in [0.2, 0.25) is 0 Å². The molecule has 0 aromatic carbocycles. The number of methoxy groups -OCH3 is 1. The molecule has 2 saturated carbocycles. The predicted molar refractivity (Wildman–Crippen MR) is 146 cm³/mol. The van der Waals surface area contributed by atoms with Crippen LogP contribution in [0.1, 0.15) is 72.0 Å².